The minimum atomic E-state index is -0.944. The summed E-state index contributed by atoms with van der Waals surface area (Å²) in [6, 6.07) is 4.16. The minimum absolute atomic E-state index is 0.260. The van der Waals surface area contributed by atoms with Gasteiger partial charge in [-0.05, 0) is 37.1 Å². The second kappa shape index (κ2) is 5.12. The SMILES string of the molecule is CCOC(=O)C(Cl)c1cc(F)ccc1C. The van der Waals surface area contributed by atoms with Gasteiger partial charge in [0.2, 0.25) is 0 Å². The van der Waals surface area contributed by atoms with Gasteiger partial charge < -0.3 is 4.74 Å². The van der Waals surface area contributed by atoms with Gasteiger partial charge in [0, 0.05) is 0 Å². The van der Waals surface area contributed by atoms with E-state index < -0.39 is 17.2 Å². The number of ether oxygens (including phenoxy) is 1. The highest BCUT2D eigenvalue weighted by molar-refractivity contribution is 6.30. The van der Waals surface area contributed by atoms with Crippen molar-refractivity contribution in [2.45, 2.75) is 19.2 Å². The van der Waals surface area contributed by atoms with Crippen molar-refractivity contribution in [2.24, 2.45) is 0 Å². The summed E-state index contributed by atoms with van der Waals surface area (Å²) in [5, 5.41) is -0.944. The summed E-state index contributed by atoms with van der Waals surface area (Å²) in [5.74, 6) is -0.960. The lowest BCUT2D eigenvalue weighted by Crippen LogP contribution is -2.12. The Bertz CT molecular complexity index is 366. The normalized spacial score (nSPS) is 12.3. The predicted molar refractivity (Wildman–Crippen MR) is 56.4 cm³/mol. The number of aryl methyl sites for hydroxylation is 1. The second-order valence-corrected chi connectivity index (χ2v) is 3.55. The standard InChI is InChI=1S/C11H12ClFO2/c1-3-15-11(14)10(12)9-6-8(13)5-4-7(9)2/h4-6,10H,3H2,1-2H3. The minimum Gasteiger partial charge on any atom is -0.465 e. The molecule has 1 rings (SSSR count). The van der Waals surface area contributed by atoms with Gasteiger partial charge in [-0.3, -0.25) is 4.79 Å². The Morgan fingerprint density at radius 2 is 2.27 bits per heavy atom. The number of esters is 1. The van der Waals surface area contributed by atoms with Crippen LogP contribution in [0.2, 0.25) is 0 Å². The summed E-state index contributed by atoms with van der Waals surface area (Å²) < 4.78 is 17.7. The monoisotopic (exact) mass is 230 g/mol. The molecule has 0 fully saturated rings. The zero-order valence-electron chi connectivity index (χ0n) is 8.59. The Balaban J connectivity index is 2.94. The van der Waals surface area contributed by atoms with Crippen molar-refractivity contribution in [3.8, 4) is 0 Å². The topological polar surface area (TPSA) is 26.3 Å². The molecule has 0 spiro atoms. The molecule has 82 valence electrons. The van der Waals surface area contributed by atoms with Crippen LogP contribution in [0.3, 0.4) is 0 Å². The van der Waals surface area contributed by atoms with E-state index in [0.717, 1.165) is 5.56 Å². The Morgan fingerprint density at radius 1 is 1.60 bits per heavy atom. The molecule has 4 heteroatoms. The van der Waals surface area contributed by atoms with Crippen molar-refractivity contribution in [1.82, 2.24) is 0 Å². The highest BCUT2D eigenvalue weighted by Crippen LogP contribution is 2.25. The summed E-state index contributed by atoms with van der Waals surface area (Å²) in [6.07, 6.45) is 0. The quantitative estimate of drug-likeness (QED) is 0.590. The number of carbonyl (C=O) groups is 1. The van der Waals surface area contributed by atoms with Crippen LogP contribution in [0.4, 0.5) is 4.39 Å². The molecule has 0 heterocycles. The molecule has 0 bridgehead atoms. The van der Waals surface area contributed by atoms with E-state index in [-0.39, 0.29) is 6.61 Å². The lowest BCUT2D eigenvalue weighted by atomic mass is 10.1. The van der Waals surface area contributed by atoms with Crippen LogP contribution < -0.4 is 0 Å². The van der Waals surface area contributed by atoms with E-state index in [1.165, 1.54) is 12.1 Å². The lowest BCUT2D eigenvalue weighted by molar-refractivity contribution is -0.142. The van der Waals surface area contributed by atoms with Crippen LogP contribution in [0.1, 0.15) is 23.4 Å². The van der Waals surface area contributed by atoms with Gasteiger partial charge in [0.15, 0.2) is 5.38 Å². The van der Waals surface area contributed by atoms with Crippen molar-refractivity contribution in [1.29, 1.82) is 0 Å². The summed E-state index contributed by atoms with van der Waals surface area (Å²) >= 11 is 5.87. The van der Waals surface area contributed by atoms with Crippen LogP contribution in [0.25, 0.3) is 0 Å². The van der Waals surface area contributed by atoms with Crippen LogP contribution in [0.5, 0.6) is 0 Å². The first kappa shape index (κ1) is 12.0. The number of rotatable bonds is 3. The Hall–Kier alpha value is -1.09. The number of hydrogen-bond donors (Lipinski definition) is 0. The van der Waals surface area contributed by atoms with Crippen LogP contribution in [0.15, 0.2) is 18.2 Å². The molecule has 1 aromatic carbocycles. The second-order valence-electron chi connectivity index (χ2n) is 3.12. The smallest absolute Gasteiger partial charge is 0.328 e. The molecule has 0 aliphatic rings. The molecule has 2 nitrogen and oxygen atoms in total. The summed E-state index contributed by atoms with van der Waals surface area (Å²) in [5.41, 5.74) is 1.22. The number of hydrogen-bond acceptors (Lipinski definition) is 2. The number of halogens is 2. The van der Waals surface area contributed by atoms with E-state index in [1.807, 2.05) is 0 Å². The first-order valence-electron chi connectivity index (χ1n) is 4.63. The first-order chi connectivity index (χ1) is 7.06. The molecule has 0 saturated carbocycles. The number of carbonyl (C=O) groups excluding carboxylic acids is 1. The maximum absolute atomic E-state index is 12.9. The largest absolute Gasteiger partial charge is 0.465 e. The van der Waals surface area contributed by atoms with Gasteiger partial charge >= 0.3 is 5.97 Å². The van der Waals surface area contributed by atoms with E-state index >= 15 is 0 Å². The van der Waals surface area contributed by atoms with Gasteiger partial charge in [0.25, 0.3) is 0 Å². The van der Waals surface area contributed by atoms with Gasteiger partial charge in [0.1, 0.15) is 5.82 Å². The van der Waals surface area contributed by atoms with Crippen molar-refractivity contribution in [3.05, 3.63) is 35.1 Å². The first-order valence-corrected chi connectivity index (χ1v) is 5.06. The van der Waals surface area contributed by atoms with E-state index in [1.54, 1.807) is 19.9 Å². The fourth-order valence-electron chi connectivity index (χ4n) is 1.23. The zero-order chi connectivity index (χ0) is 11.4. The average molecular weight is 231 g/mol. The highest BCUT2D eigenvalue weighted by atomic mass is 35.5. The van der Waals surface area contributed by atoms with Crippen molar-refractivity contribution in [2.75, 3.05) is 6.61 Å². The molecule has 1 aromatic rings. The molecule has 15 heavy (non-hydrogen) atoms. The van der Waals surface area contributed by atoms with Crippen LogP contribution in [0, 0.1) is 12.7 Å². The maximum atomic E-state index is 12.9. The Morgan fingerprint density at radius 3 is 2.87 bits per heavy atom. The number of alkyl halides is 1. The molecule has 0 aromatic heterocycles. The molecule has 0 saturated heterocycles. The lowest BCUT2D eigenvalue weighted by Gasteiger charge is -2.11. The highest BCUT2D eigenvalue weighted by Gasteiger charge is 2.21. The molecule has 1 unspecified atom stereocenters. The van der Waals surface area contributed by atoms with Gasteiger partial charge in [-0.15, -0.1) is 11.6 Å². The van der Waals surface area contributed by atoms with E-state index in [9.17, 15) is 9.18 Å². The molecule has 0 aliphatic heterocycles. The molecule has 0 radical (unpaired) electrons. The summed E-state index contributed by atoms with van der Waals surface area (Å²) in [6.45, 7) is 3.72. The molecule has 0 N–H and O–H groups in total. The van der Waals surface area contributed by atoms with Crippen LogP contribution >= 0.6 is 11.6 Å². The van der Waals surface area contributed by atoms with Gasteiger partial charge in [-0.25, -0.2) is 4.39 Å². The number of benzene rings is 1. The third-order valence-corrected chi connectivity index (χ3v) is 2.42. The third kappa shape index (κ3) is 2.93. The molecule has 0 amide bonds. The van der Waals surface area contributed by atoms with Crippen LogP contribution in [-0.2, 0) is 9.53 Å². The summed E-state index contributed by atoms with van der Waals surface area (Å²) in [4.78, 5) is 11.3. The van der Waals surface area contributed by atoms with Crippen molar-refractivity contribution < 1.29 is 13.9 Å². The Labute approximate surface area is 93.0 Å². The fourth-order valence-corrected chi connectivity index (χ4v) is 1.52. The molecule has 1 atom stereocenters. The zero-order valence-corrected chi connectivity index (χ0v) is 9.34. The van der Waals surface area contributed by atoms with E-state index in [4.69, 9.17) is 16.3 Å². The van der Waals surface area contributed by atoms with E-state index in [2.05, 4.69) is 0 Å². The fraction of sp³-hybridized carbons (Fsp3) is 0.364. The molecular weight excluding hydrogens is 219 g/mol. The van der Waals surface area contributed by atoms with Crippen LogP contribution in [-0.4, -0.2) is 12.6 Å². The van der Waals surface area contributed by atoms with Gasteiger partial charge in [0.05, 0.1) is 6.61 Å². The van der Waals surface area contributed by atoms with Gasteiger partial charge in [-0.2, -0.15) is 0 Å². The molecule has 0 aliphatic carbocycles. The average Bonchev–Trinajstić information content (AvgIpc) is 2.21. The van der Waals surface area contributed by atoms with Gasteiger partial charge in [-0.1, -0.05) is 6.07 Å². The van der Waals surface area contributed by atoms with Crippen molar-refractivity contribution in [3.63, 3.8) is 0 Å². The molecular formula is C11H12ClFO2. The predicted octanol–water partition coefficient (Wildman–Crippen LogP) is 2.98. The summed E-state index contributed by atoms with van der Waals surface area (Å²) in [7, 11) is 0. The third-order valence-electron chi connectivity index (χ3n) is 2.01. The van der Waals surface area contributed by atoms with Crippen molar-refractivity contribution >= 4 is 17.6 Å². The maximum Gasteiger partial charge on any atom is 0.328 e. The van der Waals surface area contributed by atoms with E-state index in [0.29, 0.717) is 5.56 Å². The Kier molecular flexibility index (Phi) is 4.09.